The summed E-state index contributed by atoms with van der Waals surface area (Å²) in [7, 11) is 0. The van der Waals surface area contributed by atoms with Crippen molar-refractivity contribution in [3.8, 4) is 0 Å². The average Bonchev–Trinajstić information content (AvgIpc) is 2.70. The second-order valence-electron chi connectivity index (χ2n) is 4.40. The van der Waals surface area contributed by atoms with Gasteiger partial charge in [0.1, 0.15) is 0 Å². The summed E-state index contributed by atoms with van der Waals surface area (Å²) in [4.78, 5) is 2.58. The molecule has 1 aromatic rings. The molecule has 0 unspecified atom stereocenters. The molecule has 0 bridgehead atoms. The summed E-state index contributed by atoms with van der Waals surface area (Å²) >= 11 is 0. The first kappa shape index (κ1) is 9.78. The van der Waals surface area contributed by atoms with E-state index in [2.05, 4.69) is 24.8 Å². The molecule has 0 amide bonds. The van der Waals surface area contributed by atoms with E-state index in [-0.39, 0.29) is 0 Å². The minimum absolute atomic E-state index is 0.586. The molecule has 1 aromatic heterocycles. The minimum atomic E-state index is 0.586. The maximum Gasteiger partial charge on any atom is 0.0950 e. The lowest BCUT2D eigenvalue weighted by Crippen LogP contribution is -2.38. The zero-order chi connectivity index (χ0) is 9.97. The monoisotopic (exact) mass is 193 g/mol. The smallest absolute Gasteiger partial charge is 0.0950 e. The Kier molecular flexibility index (Phi) is 2.92. The highest BCUT2D eigenvalue weighted by molar-refractivity contribution is 5.12. The predicted molar refractivity (Wildman–Crippen MR) is 57.1 cm³/mol. The standard InChI is InChI=1S/C12H19NO/c1-10(2)13-7-4-3-5-12(13)11-6-8-14-9-11/h6,8-10,12H,3-5,7H2,1-2H3/t12-/m1/s1. The first-order valence-corrected chi connectivity index (χ1v) is 5.57. The highest BCUT2D eigenvalue weighted by Crippen LogP contribution is 2.32. The molecule has 0 N–H and O–H groups in total. The normalized spacial score (nSPS) is 24.4. The van der Waals surface area contributed by atoms with Crippen molar-refractivity contribution >= 4 is 0 Å². The number of nitrogens with zero attached hydrogens (tertiary/aromatic N) is 1. The van der Waals surface area contributed by atoms with Crippen molar-refractivity contribution in [2.75, 3.05) is 6.54 Å². The van der Waals surface area contributed by atoms with Crippen molar-refractivity contribution < 1.29 is 4.42 Å². The summed E-state index contributed by atoms with van der Waals surface area (Å²) < 4.78 is 5.17. The van der Waals surface area contributed by atoms with E-state index in [1.165, 1.54) is 31.4 Å². The quantitative estimate of drug-likeness (QED) is 0.717. The molecule has 1 aliphatic rings. The summed E-state index contributed by atoms with van der Waals surface area (Å²) in [6.45, 7) is 5.78. The second-order valence-corrected chi connectivity index (χ2v) is 4.40. The predicted octanol–water partition coefficient (Wildman–Crippen LogP) is 3.22. The van der Waals surface area contributed by atoms with Crippen LogP contribution in [0.2, 0.25) is 0 Å². The Balaban J connectivity index is 2.14. The van der Waals surface area contributed by atoms with Gasteiger partial charge in [0.15, 0.2) is 0 Å². The number of rotatable bonds is 2. The van der Waals surface area contributed by atoms with E-state index in [4.69, 9.17) is 4.42 Å². The average molecular weight is 193 g/mol. The van der Waals surface area contributed by atoms with Gasteiger partial charge in [-0.1, -0.05) is 6.42 Å². The Morgan fingerprint density at radius 1 is 1.43 bits per heavy atom. The lowest BCUT2D eigenvalue weighted by molar-refractivity contribution is 0.111. The van der Waals surface area contributed by atoms with Crippen molar-refractivity contribution in [2.45, 2.75) is 45.2 Å². The molecule has 2 nitrogen and oxygen atoms in total. The summed E-state index contributed by atoms with van der Waals surface area (Å²) in [5.41, 5.74) is 1.35. The van der Waals surface area contributed by atoms with Gasteiger partial charge < -0.3 is 4.42 Å². The molecule has 1 atom stereocenters. The lowest BCUT2D eigenvalue weighted by Gasteiger charge is -2.38. The fraction of sp³-hybridized carbons (Fsp3) is 0.667. The van der Waals surface area contributed by atoms with Crippen molar-refractivity contribution in [3.05, 3.63) is 24.2 Å². The van der Waals surface area contributed by atoms with Crippen LogP contribution in [-0.4, -0.2) is 17.5 Å². The molecule has 0 saturated carbocycles. The summed E-state index contributed by atoms with van der Waals surface area (Å²) in [6.07, 6.45) is 7.64. The van der Waals surface area contributed by atoms with Gasteiger partial charge >= 0.3 is 0 Å². The second kappa shape index (κ2) is 4.18. The van der Waals surface area contributed by atoms with Gasteiger partial charge in [0.2, 0.25) is 0 Å². The fourth-order valence-corrected chi connectivity index (χ4v) is 2.39. The highest BCUT2D eigenvalue weighted by atomic mass is 16.3. The van der Waals surface area contributed by atoms with Crippen LogP contribution in [0.5, 0.6) is 0 Å². The van der Waals surface area contributed by atoms with Gasteiger partial charge in [-0.15, -0.1) is 0 Å². The minimum Gasteiger partial charge on any atom is -0.472 e. The number of piperidine rings is 1. The summed E-state index contributed by atoms with van der Waals surface area (Å²) in [5.74, 6) is 0. The zero-order valence-electron chi connectivity index (χ0n) is 9.07. The van der Waals surface area contributed by atoms with Crippen LogP contribution in [-0.2, 0) is 0 Å². The van der Waals surface area contributed by atoms with Gasteiger partial charge in [-0.3, -0.25) is 4.90 Å². The molecule has 1 aliphatic heterocycles. The van der Waals surface area contributed by atoms with Crippen molar-refractivity contribution in [2.24, 2.45) is 0 Å². The molecule has 1 saturated heterocycles. The van der Waals surface area contributed by atoms with E-state index in [0.717, 1.165) is 0 Å². The molecule has 2 heterocycles. The molecule has 0 aliphatic carbocycles. The summed E-state index contributed by atoms with van der Waals surface area (Å²) in [6, 6.07) is 3.32. The van der Waals surface area contributed by atoms with E-state index in [1.54, 1.807) is 6.26 Å². The van der Waals surface area contributed by atoms with Crippen LogP contribution >= 0.6 is 0 Å². The van der Waals surface area contributed by atoms with E-state index in [0.29, 0.717) is 12.1 Å². The largest absolute Gasteiger partial charge is 0.472 e. The van der Waals surface area contributed by atoms with Gasteiger partial charge in [0.05, 0.1) is 12.5 Å². The molecule has 0 radical (unpaired) electrons. The van der Waals surface area contributed by atoms with Crippen molar-refractivity contribution in [3.63, 3.8) is 0 Å². The van der Waals surface area contributed by atoms with Crippen LogP contribution in [0.4, 0.5) is 0 Å². The van der Waals surface area contributed by atoms with Gasteiger partial charge in [0, 0.05) is 17.6 Å². The molecule has 2 rings (SSSR count). The van der Waals surface area contributed by atoms with Gasteiger partial charge in [-0.05, 0) is 39.3 Å². The van der Waals surface area contributed by atoms with E-state index < -0.39 is 0 Å². The number of hydrogen-bond acceptors (Lipinski definition) is 2. The third-order valence-corrected chi connectivity index (χ3v) is 3.14. The molecular formula is C12H19NO. The van der Waals surface area contributed by atoms with Gasteiger partial charge in [-0.2, -0.15) is 0 Å². The van der Waals surface area contributed by atoms with Crippen LogP contribution in [0.3, 0.4) is 0 Å². The third-order valence-electron chi connectivity index (χ3n) is 3.14. The number of furan rings is 1. The maximum absolute atomic E-state index is 5.17. The van der Waals surface area contributed by atoms with Crippen molar-refractivity contribution in [1.29, 1.82) is 0 Å². The van der Waals surface area contributed by atoms with Crippen LogP contribution in [0.15, 0.2) is 23.0 Å². The Morgan fingerprint density at radius 2 is 2.29 bits per heavy atom. The Labute approximate surface area is 85.9 Å². The van der Waals surface area contributed by atoms with Gasteiger partial charge in [-0.25, -0.2) is 0 Å². The molecular weight excluding hydrogens is 174 g/mol. The maximum atomic E-state index is 5.17. The third kappa shape index (κ3) is 1.85. The van der Waals surface area contributed by atoms with Crippen molar-refractivity contribution in [1.82, 2.24) is 4.90 Å². The summed E-state index contributed by atoms with van der Waals surface area (Å²) in [5, 5.41) is 0. The SMILES string of the molecule is CC(C)N1CCCC[C@@H]1c1ccoc1. The Bertz CT molecular complexity index is 266. The molecule has 1 fully saturated rings. The molecule has 78 valence electrons. The van der Waals surface area contributed by atoms with Crippen LogP contribution in [0, 0.1) is 0 Å². The van der Waals surface area contributed by atoms with E-state index in [1.807, 2.05) is 6.26 Å². The first-order valence-electron chi connectivity index (χ1n) is 5.57. The Hall–Kier alpha value is -0.760. The molecule has 0 spiro atoms. The molecule has 14 heavy (non-hydrogen) atoms. The fourth-order valence-electron chi connectivity index (χ4n) is 2.39. The number of hydrogen-bond donors (Lipinski definition) is 0. The van der Waals surface area contributed by atoms with Crippen LogP contribution in [0.1, 0.15) is 44.7 Å². The Morgan fingerprint density at radius 3 is 2.93 bits per heavy atom. The molecule has 0 aromatic carbocycles. The van der Waals surface area contributed by atoms with Crippen LogP contribution in [0.25, 0.3) is 0 Å². The molecule has 2 heteroatoms. The van der Waals surface area contributed by atoms with Crippen LogP contribution < -0.4 is 0 Å². The zero-order valence-corrected chi connectivity index (χ0v) is 9.07. The van der Waals surface area contributed by atoms with E-state index >= 15 is 0 Å². The number of likely N-dealkylation sites (tertiary alicyclic amines) is 1. The lowest BCUT2D eigenvalue weighted by atomic mass is 9.96. The topological polar surface area (TPSA) is 16.4 Å². The van der Waals surface area contributed by atoms with E-state index in [9.17, 15) is 0 Å². The highest BCUT2D eigenvalue weighted by Gasteiger charge is 2.26. The first-order chi connectivity index (χ1) is 6.79. The van der Waals surface area contributed by atoms with Gasteiger partial charge in [0.25, 0.3) is 0 Å².